The predicted molar refractivity (Wildman–Crippen MR) is 170 cm³/mol. The first-order chi connectivity index (χ1) is 21.7. The normalized spacial score (nSPS) is 13.5. The van der Waals surface area contributed by atoms with Crippen molar-refractivity contribution in [1.82, 2.24) is 14.6 Å². The SMILES string of the molecule is CCOc1cc(C)c(-c2nc3ccccc3c(=O)n2N=Cc2cccc([N+](=O)[O-])c2OCC(=O)N2CCOCC2)cc1C(C)C. The second-order valence-corrected chi connectivity index (χ2v) is 10.8. The number of morpholine rings is 1. The molecule has 1 aliphatic rings. The maximum atomic E-state index is 13.9. The van der Waals surface area contributed by atoms with Crippen molar-refractivity contribution in [2.45, 2.75) is 33.6 Å². The van der Waals surface area contributed by atoms with E-state index in [0.717, 1.165) is 16.9 Å². The van der Waals surface area contributed by atoms with Crippen LogP contribution in [0.1, 0.15) is 43.4 Å². The predicted octanol–water partition coefficient (Wildman–Crippen LogP) is 4.92. The van der Waals surface area contributed by atoms with Crippen LogP contribution in [0.25, 0.3) is 22.3 Å². The van der Waals surface area contributed by atoms with Gasteiger partial charge in [-0.15, -0.1) is 0 Å². The van der Waals surface area contributed by atoms with E-state index in [4.69, 9.17) is 19.2 Å². The topological polar surface area (TPSA) is 138 Å². The summed E-state index contributed by atoms with van der Waals surface area (Å²) in [4.78, 5) is 44.4. The van der Waals surface area contributed by atoms with Gasteiger partial charge in [0.2, 0.25) is 5.75 Å². The molecule has 0 unspecified atom stereocenters. The average molecular weight is 614 g/mol. The number of nitrogens with zero attached hydrogens (tertiary/aromatic N) is 5. The fourth-order valence-electron chi connectivity index (χ4n) is 5.18. The van der Waals surface area contributed by atoms with Crippen LogP contribution in [0.5, 0.6) is 11.5 Å². The van der Waals surface area contributed by atoms with Gasteiger partial charge in [-0.2, -0.15) is 9.78 Å². The molecule has 0 N–H and O–H groups in total. The van der Waals surface area contributed by atoms with E-state index in [2.05, 4.69) is 18.9 Å². The Balaban J connectivity index is 1.62. The molecule has 45 heavy (non-hydrogen) atoms. The molecule has 12 nitrogen and oxygen atoms in total. The number of ether oxygens (including phenoxy) is 3. The highest BCUT2D eigenvalue weighted by Gasteiger charge is 2.23. The number of rotatable bonds is 10. The van der Waals surface area contributed by atoms with E-state index < -0.39 is 17.1 Å². The van der Waals surface area contributed by atoms with Gasteiger partial charge in [0.15, 0.2) is 12.4 Å². The summed E-state index contributed by atoms with van der Waals surface area (Å²) in [6.07, 6.45) is 1.32. The van der Waals surface area contributed by atoms with Crippen molar-refractivity contribution >= 4 is 28.7 Å². The van der Waals surface area contributed by atoms with E-state index in [9.17, 15) is 19.7 Å². The lowest BCUT2D eigenvalue weighted by molar-refractivity contribution is -0.385. The maximum absolute atomic E-state index is 13.9. The molecule has 1 aliphatic heterocycles. The number of aromatic nitrogens is 2. The van der Waals surface area contributed by atoms with Crippen molar-refractivity contribution < 1.29 is 23.9 Å². The number of hydrogen-bond acceptors (Lipinski definition) is 9. The average Bonchev–Trinajstić information content (AvgIpc) is 3.03. The number of carbonyl (C=O) groups excluding carboxylic acids is 1. The number of amides is 1. The summed E-state index contributed by atoms with van der Waals surface area (Å²) in [7, 11) is 0. The minimum absolute atomic E-state index is 0.125. The summed E-state index contributed by atoms with van der Waals surface area (Å²) in [6, 6.07) is 15.2. The van der Waals surface area contributed by atoms with Crippen LogP contribution in [-0.4, -0.2) is 71.1 Å². The molecule has 1 aromatic heterocycles. The maximum Gasteiger partial charge on any atom is 0.311 e. The zero-order valence-corrected chi connectivity index (χ0v) is 25.7. The van der Waals surface area contributed by atoms with E-state index in [1.165, 1.54) is 23.0 Å². The summed E-state index contributed by atoms with van der Waals surface area (Å²) >= 11 is 0. The molecule has 0 radical (unpaired) electrons. The first-order valence-corrected chi connectivity index (χ1v) is 14.8. The molecule has 0 saturated carbocycles. The molecule has 0 atom stereocenters. The Bertz CT molecular complexity index is 1830. The number of fused-ring (bicyclic) bond motifs is 1. The van der Waals surface area contributed by atoms with E-state index >= 15 is 0 Å². The molecule has 0 aliphatic carbocycles. The molecule has 0 bridgehead atoms. The Hall–Kier alpha value is -5.10. The molecule has 1 fully saturated rings. The van der Waals surface area contributed by atoms with E-state index in [0.29, 0.717) is 55.2 Å². The van der Waals surface area contributed by atoms with Crippen molar-refractivity contribution in [2.75, 3.05) is 39.5 Å². The van der Waals surface area contributed by atoms with Crippen LogP contribution < -0.4 is 15.0 Å². The highest BCUT2D eigenvalue weighted by Crippen LogP contribution is 2.35. The van der Waals surface area contributed by atoms with Crippen LogP contribution in [0.4, 0.5) is 5.69 Å². The monoisotopic (exact) mass is 613 g/mol. The molecule has 234 valence electrons. The fraction of sp³-hybridized carbons (Fsp3) is 0.333. The van der Waals surface area contributed by atoms with E-state index in [1.807, 2.05) is 32.0 Å². The molecular formula is C33H35N5O7. The highest BCUT2D eigenvalue weighted by atomic mass is 16.6. The molecule has 2 heterocycles. The number of aryl methyl sites for hydroxylation is 1. The molecule has 5 rings (SSSR count). The van der Waals surface area contributed by atoms with Crippen LogP contribution in [-0.2, 0) is 9.53 Å². The summed E-state index contributed by atoms with van der Waals surface area (Å²) in [5, 5.41) is 16.8. The smallest absolute Gasteiger partial charge is 0.311 e. The lowest BCUT2D eigenvalue weighted by Gasteiger charge is -2.26. The Kier molecular flexibility index (Phi) is 9.53. The Labute approximate surface area is 260 Å². The first-order valence-electron chi connectivity index (χ1n) is 14.8. The summed E-state index contributed by atoms with van der Waals surface area (Å²) in [6.45, 7) is 9.72. The largest absolute Gasteiger partial charge is 0.494 e. The zero-order valence-electron chi connectivity index (χ0n) is 25.7. The van der Waals surface area contributed by atoms with Crippen molar-refractivity contribution in [2.24, 2.45) is 5.10 Å². The van der Waals surface area contributed by atoms with Crippen LogP contribution in [0, 0.1) is 17.0 Å². The third-order valence-electron chi connectivity index (χ3n) is 7.51. The van der Waals surface area contributed by atoms with Crippen LogP contribution in [0.2, 0.25) is 0 Å². The van der Waals surface area contributed by atoms with Gasteiger partial charge in [0.25, 0.3) is 11.5 Å². The third kappa shape index (κ3) is 6.70. The lowest BCUT2D eigenvalue weighted by atomic mass is 9.96. The third-order valence-corrected chi connectivity index (χ3v) is 7.51. The minimum Gasteiger partial charge on any atom is -0.494 e. The number of nitro benzene ring substituents is 1. The summed E-state index contributed by atoms with van der Waals surface area (Å²) in [5.74, 6) is 0.739. The van der Waals surface area contributed by atoms with Gasteiger partial charge in [0.05, 0.1) is 41.9 Å². The fourth-order valence-corrected chi connectivity index (χ4v) is 5.18. The molecule has 1 amide bonds. The van der Waals surface area contributed by atoms with Gasteiger partial charge in [-0.05, 0) is 61.2 Å². The van der Waals surface area contributed by atoms with Gasteiger partial charge in [-0.1, -0.05) is 32.0 Å². The second kappa shape index (κ2) is 13.7. The molecule has 12 heteroatoms. The first kappa shape index (κ1) is 31.3. The highest BCUT2D eigenvalue weighted by molar-refractivity contribution is 5.87. The number of nitro groups is 1. The number of benzene rings is 3. The standard InChI is InChI=1S/C33H35N5O7/c1-5-44-29-17-22(4)26(18-25(29)21(2)3)32-35-27-11-7-6-10-24(27)33(40)37(32)34-19-23-9-8-12-28(38(41)42)31(23)45-20-30(39)36-13-15-43-16-14-36/h6-12,17-19,21H,5,13-16,20H2,1-4H3. The van der Waals surface area contributed by atoms with Gasteiger partial charge in [-0.25, -0.2) is 4.98 Å². The summed E-state index contributed by atoms with van der Waals surface area (Å²) in [5.41, 5.74) is 2.45. The van der Waals surface area contributed by atoms with Gasteiger partial charge in [0.1, 0.15) is 5.75 Å². The lowest BCUT2D eigenvalue weighted by Crippen LogP contribution is -2.43. The Morgan fingerprint density at radius 1 is 1.13 bits per heavy atom. The van der Waals surface area contributed by atoms with Crippen LogP contribution in [0.15, 0.2) is 64.5 Å². The van der Waals surface area contributed by atoms with E-state index in [1.54, 1.807) is 29.2 Å². The van der Waals surface area contributed by atoms with Gasteiger partial charge < -0.3 is 19.1 Å². The van der Waals surface area contributed by atoms with Crippen molar-refractivity contribution in [1.29, 1.82) is 0 Å². The van der Waals surface area contributed by atoms with Crippen molar-refractivity contribution in [3.63, 3.8) is 0 Å². The van der Waals surface area contributed by atoms with Crippen molar-refractivity contribution in [3.05, 3.63) is 91.8 Å². The number of carbonyl (C=O) groups is 1. The Morgan fingerprint density at radius 3 is 2.60 bits per heavy atom. The zero-order chi connectivity index (χ0) is 32.1. The number of para-hydroxylation sites is 2. The Morgan fingerprint density at radius 2 is 1.89 bits per heavy atom. The van der Waals surface area contributed by atoms with Gasteiger partial charge in [-0.3, -0.25) is 19.7 Å². The second-order valence-electron chi connectivity index (χ2n) is 10.8. The van der Waals surface area contributed by atoms with Crippen molar-refractivity contribution in [3.8, 4) is 22.9 Å². The van der Waals surface area contributed by atoms with Crippen LogP contribution in [0.3, 0.4) is 0 Å². The quantitative estimate of drug-likeness (QED) is 0.140. The van der Waals surface area contributed by atoms with Gasteiger partial charge in [0, 0.05) is 30.3 Å². The number of hydrogen-bond donors (Lipinski definition) is 0. The van der Waals surface area contributed by atoms with E-state index in [-0.39, 0.29) is 28.8 Å². The molecule has 0 spiro atoms. The summed E-state index contributed by atoms with van der Waals surface area (Å²) < 4.78 is 18.2. The molecular weight excluding hydrogens is 578 g/mol. The molecule has 1 saturated heterocycles. The minimum atomic E-state index is -0.586. The molecule has 3 aromatic carbocycles. The van der Waals surface area contributed by atoms with Crippen LogP contribution >= 0.6 is 0 Å². The van der Waals surface area contributed by atoms with Gasteiger partial charge >= 0.3 is 5.69 Å². The molecule has 4 aromatic rings.